The molecule has 280 valence electrons. The van der Waals surface area contributed by atoms with Crippen molar-refractivity contribution in [3.63, 3.8) is 0 Å². The molecule has 4 aromatic rings. The molecule has 0 radical (unpaired) electrons. The highest BCUT2D eigenvalue weighted by molar-refractivity contribution is 5.93. The molecule has 2 fully saturated rings. The minimum Gasteiger partial charge on any atom is -0.397 e. The third kappa shape index (κ3) is 10.5. The molecule has 2 heterocycles. The Bertz CT molecular complexity index is 1780. The van der Waals surface area contributed by atoms with Crippen LogP contribution in [0.3, 0.4) is 0 Å². The van der Waals surface area contributed by atoms with E-state index in [0.29, 0.717) is 50.0 Å². The number of carbonyl (C=O) groups excluding carboxylic acids is 2. The van der Waals surface area contributed by atoms with Crippen LogP contribution in [-0.4, -0.2) is 58.8 Å². The second-order valence-corrected chi connectivity index (χ2v) is 14.1. The van der Waals surface area contributed by atoms with Gasteiger partial charge in [-0.1, -0.05) is 91.3 Å². The third-order valence-corrected chi connectivity index (χ3v) is 10.3. The number of rotatable bonds is 16. The van der Waals surface area contributed by atoms with Crippen LogP contribution in [0.4, 0.5) is 11.4 Å². The molecular weight excluding hydrogens is 668 g/mol. The van der Waals surface area contributed by atoms with Gasteiger partial charge in [-0.05, 0) is 72.2 Å². The van der Waals surface area contributed by atoms with Crippen molar-refractivity contribution in [3.8, 4) is 11.1 Å². The average Bonchev–Trinajstić information content (AvgIpc) is 3.65. The molecule has 2 aliphatic heterocycles. The van der Waals surface area contributed by atoms with Gasteiger partial charge in [-0.3, -0.25) is 14.5 Å². The van der Waals surface area contributed by atoms with E-state index in [9.17, 15) is 19.8 Å². The van der Waals surface area contributed by atoms with Crippen LogP contribution in [0, 0.1) is 0 Å². The van der Waals surface area contributed by atoms with Crippen LogP contribution in [0.25, 0.3) is 11.1 Å². The average molecular weight is 721 g/mol. The summed E-state index contributed by atoms with van der Waals surface area (Å²) in [5.41, 5.74) is 13.0. The largest absolute Gasteiger partial charge is 0.397 e. The summed E-state index contributed by atoms with van der Waals surface area (Å²) in [6.45, 7) is 2.24. The zero-order valence-corrected chi connectivity index (χ0v) is 30.3. The van der Waals surface area contributed by atoms with E-state index >= 15 is 0 Å². The van der Waals surface area contributed by atoms with Crippen LogP contribution in [0.5, 0.6) is 0 Å². The fourth-order valence-corrected chi connectivity index (χ4v) is 7.27. The maximum Gasteiger partial charge on any atom is 0.224 e. The van der Waals surface area contributed by atoms with E-state index < -0.39 is 6.29 Å². The molecule has 0 saturated carbocycles. The first-order valence-electron chi connectivity index (χ1n) is 18.8. The summed E-state index contributed by atoms with van der Waals surface area (Å²) < 4.78 is 13.2. The number of aliphatic hydroxyl groups excluding tert-OH is 2. The molecule has 2 amide bonds. The smallest absolute Gasteiger partial charge is 0.224 e. The Hall–Kier alpha value is -4.58. The summed E-state index contributed by atoms with van der Waals surface area (Å²) in [6, 6.07) is 31.6. The number of anilines is 2. The fourth-order valence-electron chi connectivity index (χ4n) is 7.27. The standard InChI is InChI=1S/C43H52N4O6/c44-38-12-6-7-13-39(38)46-42(51)15-3-1-2-14-41(50)45-26-34-9-4-5-11-37(34)31-20-22-33(23-21-31)43-52-36(27-47-24-8-10-35(47)29-49)25-40(53-43)32-18-16-30(28-48)17-19-32/h4-7,9,11-13,16-23,35-36,40,43,48-49H,1-3,8,10,14-15,24-29,44H2,(H,45,50)(H,46,51). The minimum absolute atomic E-state index is 0.00488. The van der Waals surface area contributed by atoms with Gasteiger partial charge in [0.15, 0.2) is 6.29 Å². The van der Waals surface area contributed by atoms with E-state index in [1.807, 2.05) is 66.7 Å². The Balaban J connectivity index is 1.03. The van der Waals surface area contributed by atoms with Crippen molar-refractivity contribution >= 4 is 23.2 Å². The Labute approximate surface area is 312 Å². The van der Waals surface area contributed by atoms with E-state index in [2.05, 4.69) is 33.7 Å². The lowest BCUT2D eigenvalue weighted by Gasteiger charge is -2.38. The van der Waals surface area contributed by atoms with Gasteiger partial charge in [-0.15, -0.1) is 0 Å². The van der Waals surface area contributed by atoms with Gasteiger partial charge in [0, 0.05) is 44.0 Å². The van der Waals surface area contributed by atoms with Crippen molar-refractivity contribution < 1.29 is 29.3 Å². The van der Waals surface area contributed by atoms with Crippen molar-refractivity contribution in [2.75, 3.05) is 30.7 Å². The molecule has 10 nitrogen and oxygen atoms in total. The predicted molar refractivity (Wildman–Crippen MR) is 206 cm³/mol. The lowest BCUT2D eigenvalue weighted by Crippen LogP contribution is -2.42. The number of likely N-dealkylation sites (tertiary alicyclic amines) is 1. The minimum atomic E-state index is -0.563. The summed E-state index contributed by atoms with van der Waals surface area (Å²) in [5, 5.41) is 25.4. The Morgan fingerprint density at radius 2 is 1.53 bits per heavy atom. The number of nitrogens with zero attached hydrogens (tertiary/aromatic N) is 1. The van der Waals surface area contributed by atoms with Crippen LogP contribution in [0.1, 0.15) is 86.0 Å². The second-order valence-electron chi connectivity index (χ2n) is 14.1. The molecule has 4 atom stereocenters. The van der Waals surface area contributed by atoms with Gasteiger partial charge in [0.25, 0.3) is 0 Å². The first-order chi connectivity index (χ1) is 25.9. The highest BCUT2D eigenvalue weighted by Crippen LogP contribution is 2.39. The normalized spacial score (nSPS) is 20.3. The van der Waals surface area contributed by atoms with Gasteiger partial charge in [0.05, 0.1) is 36.8 Å². The van der Waals surface area contributed by atoms with Crippen LogP contribution in [-0.2, 0) is 32.2 Å². The summed E-state index contributed by atoms with van der Waals surface area (Å²) in [7, 11) is 0. The first kappa shape index (κ1) is 38.2. The molecular formula is C43H52N4O6. The molecule has 0 bridgehead atoms. The number of hydrogen-bond acceptors (Lipinski definition) is 8. The molecule has 2 saturated heterocycles. The number of aliphatic hydroxyl groups is 2. The Kier molecular flexibility index (Phi) is 13.6. The number of para-hydroxylation sites is 2. The number of carbonyl (C=O) groups is 2. The number of nitrogens with one attached hydrogen (secondary N) is 2. The number of nitrogen functional groups attached to an aromatic ring is 1. The number of benzene rings is 4. The summed E-state index contributed by atoms with van der Waals surface area (Å²) in [4.78, 5) is 27.3. The number of unbranched alkanes of at least 4 members (excludes halogenated alkanes) is 2. The Morgan fingerprint density at radius 3 is 2.28 bits per heavy atom. The number of amides is 2. The lowest BCUT2D eigenvalue weighted by atomic mass is 9.97. The van der Waals surface area contributed by atoms with Crippen molar-refractivity contribution in [1.29, 1.82) is 0 Å². The quantitative estimate of drug-likeness (QED) is 0.0640. The predicted octanol–water partition coefficient (Wildman–Crippen LogP) is 6.64. The van der Waals surface area contributed by atoms with Gasteiger partial charge < -0.3 is 36.1 Å². The molecule has 4 aromatic carbocycles. The molecule has 0 aromatic heterocycles. The van der Waals surface area contributed by atoms with E-state index in [1.165, 1.54) is 0 Å². The SMILES string of the molecule is Nc1ccccc1NC(=O)CCCCCC(=O)NCc1ccccc1-c1ccc(C2OC(CN3CCCC3CO)CC(c3ccc(CO)cc3)O2)cc1. The molecule has 53 heavy (non-hydrogen) atoms. The second kappa shape index (κ2) is 19.0. The van der Waals surface area contributed by atoms with Crippen LogP contribution >= 0.6 is 0 Å². The molecule has 2 aliphatic rings. The van der Waals surface area contributed by atoms with Gasteiger partial charge in [-0.2, -0.15) is 0 Å². The van der Waals surface area contributed by atoms with E-state index in [1.54, 1.807) is 12.1 Å². The highest BCUT2D eigenvalue weighted by atomic mass is 16.7. The summed E-state index contributed by atoms with van der Waals surface area (Å²) >= 11 is 0. The van der Waals surface area contributed by atoms with E-state index in [0.717, 1.165) is 65.7 Å². The van der Waals surface area contributed by atoms with Crippen LogP contribution < -0.4 is 16.4 Å². The van der Waals surface area contributed by atoms with Gasteiger partial charge >= 0.3 is 0 Å². The Morgan fingerprint density at radius 1 is 0.811 bits per heavy atom. The topological polar surface area (TPSA) is 146 Å². The maximum atomic E-state index is 12.7. The lowest BCUT2D eigenvalue weighted by molar-refractivity contribution is -0.253. The zero-order chi connectivity index (χ0) is 37.0. The van der Waals surface area contributed by atoms with E-state index in [-0.39, 0.29) is 43.3 Å². The molecule has 6 rings (SSSR count). The highest BCUT2D eigenvalue weighted by Gasteiger charge is 2.35. The molecule has 4 unspecified atom stereocenters. The number of nitrogens with two attached hydrogens (primary N) is 1. The zero-order valence-electron chi connectivity index (χ0n) is 30.3. The van der Waals surface area contributed by atoms with Crippen molar-refractivity contribution in [2.45, 2.75) is 89.1 Å². The van der Waals surface area contributed by atoms with Crippen molar-refractivity contribution in [2.24, 2.45) is 0 Å². The van der Waals surface area contributed by atoms with Gasteiger partial charge in [0.2, 0.25) is 11.8 Å². The van der Waals surface area contributed by atoms with Gasteiger partial charge in [0.1, 0.15) is 0 Å². The van der Waals surface area contributed by atoms with Crippen molar-refractivity contribution in [1.82, 2.24) is 10.2 Å². The molecule has 0 spiro atoms. The molecule has 10 heteroatoms. The molecule has 6 N–H and O–H groups in total. The van der Waals surface area contributed by atoms with Gasteiger partial charge in [-0.25, -0.2) is 0 Å². The third-order valence-electron chi connectivity index (χ3n) is 10.3. The van der Waals surface area contributed by atoms with E-state index in [4.69, 9.17) is 15.2 Å². The first-order valence-corrected chi connectivity index (χ1v) is 18.8. The summed E-state index contributed by atoms with van der Waals surface area (Å²) in [6.07, 6.45) is 4.91. The van der Waals surface area contributed by atoms with Crippen LogP contribution in [0.15, 0.2) is 97.1 Å². The maximum absolute atomic E-state index is 12.7. The number of hydrogen-bond donors (Lipinski definition) is 5. The fraction of sp³-hybridized carbons (Fsp3) is 0.395. The monoisotopic (exact) mass is 720 g/mol. The van der Waals surface area contributed by atoms with Crippen LogP contribution in [0.2, 0.25) is 0 Å². The molecule has 0 aliphatic carbocycles. The number of ether oxygens (including phenoxy) is 2. The van der Waals surface area contributed by atoms with Crippen molar-refractivity contribution in [3.05, 3.63) is 119 Å². The summed E-state index contributed by atoms with van der Waals surface area (Å²) in [5.74, 6) is -0.0959.